The van der Waals surface area contributed by atoms with Gasteiger partial charge in [0.2, 0.25) is 0 Å². The molecule has 0 aliphatic carbocycles. The summed E-state index contributed by atoms with van der Waals surface area (Å²) in [4.78, 5) is 2.18. The normalized spacial score (nSPS) is 30.7. The fraction of sp³-hybridized carbons (Fsp3) is 1.00. The average Bonchev–Trinajstić information content (AvgIpc) is 1.89. The summed E-state index contributed by atoms with van der Waals surface area (Å²) in [5.74, 6) is 0. The molecule has 0 bridgehead atoms. The number of rotatable bonds is 1. The summed E-state index contributed by atoms with van der Waals surface area (Å²) in [6.07, 6.45) is 0. The summed E-state index contributed by atoms with van der Waals surface area (Å²) in [7, 11) is 2.04. The number of likely N-dealkylation sites (N-methyl/N-ethyl adjacent to an activating group) is 1. The molecular weight excluding hydrogens is 116 g/mol. The lowest BCUT2D eigenvalue weighted by atomic mass is 10.2. The maximum atomic E-state index is 8.78. The van der Waals surface area contributed by atoms with Crippen molar-refractivity contribution in [1.82, 2.24) is 10.2 Å². The van der Waals surface area contributed by atoms with Crippen LogP contribution in [0.2, 0.25) is 0 Å². The molecule has 1 heterocycles. The minimum absolute atomic E-state index is 0.267. The van der Waals surface area contributed by atoms with E-state index in [2.05, 4.69) is 10.2 Å². The van der Waals surface area contributed by atoms with Crippen LogP contribution in [0.25, 0.3) is 0 Å². The molecular formula is C6H14N2O. The van der Waals surface area contributed by atoms with Gasteiger partial charge in [-0.05, 0) is 7.05 Å². The first-order chi connectivity index (χ1) is 4.34. The molecule has 1 fully saturated rings. The van der Waals surface area contributed by atoms with Crippen molar-refractivity contribution in [2.24, 2.45) is 0 Å². The Labute approximate surface area is 55.7 Å². The molecule has 54 valence electrons. The number of piperazine rings is 1. The van der Waals surface area contributed by atoms with Crippen LogP contribution in [0.5, 0.6) is 0 Å². The van der Waals surface area contributed by atoms with Gasteiger partial charge in [-0.2, -0.15) is 0 Å². The zero-order valence-corrected chi connectivity index (χ0v) is 5.80. The van der Waals surface area contributed by atoms with E-state index < -0.39 is 0 Å². The van der Waals surface area contributed by atoms with Gasteiger partial charge < -0.3 is 10.4 Å². The summed E-state index contributed by atoms with van der Waals surface area (Å²) in [6.45, 7) is 3.29. The molecule has 1 atom stereocenters. The van der Waals surface area contributed by atoms with Gasteiger partial charge >= 0.3 is 0 Å². The molecule has 0 spiro atoms. The fourth-order valence-electron chi connectivity index (χ4n) is 1.07. The van der Waals surface area contributed by atoms with E-state index in [4.69, 9.17) is 5.11 Å². The maximum absolute atomic E-state index is 8.78. The maximum Gasteiger partial charge on any atom is 0.0599 e. The molecule has 0 radical (unpaired) electrons. The van der Waals surface area contributed by atoms with Crippen molar-refractivity contribution >= 4 is 0 Å². The Hall–Kier alpha value is -0.120. The van der Waals surface area contributed by atoms with Crippen molar-refractivity contribution in [3.8, 4) is 0 Å². The summed E-state index contributed by atoms with van der Waals surface area (Å²) in [5, 5.41) is 12.0. The molecule has 9 heavy (non-hydrogen) atoms. The first-order valence-electron chi connectivity index (χ1n) is 3.36. The van der Waals surface area contributed by atoms with Gasteiger partial charge in [-0.1, -0.05) is 0 Å². The van der Waals surface area contributed by atoms with Crippen LogP contribution in [-0.2, 0) is 0 Å². The van der Waals surface area contributed by atoms with Gasteiger partial charge in [0.25, 0.3) is 0 Å². The predicted molar refractivity (Wildman–Crippen MR) is 36.4 cm³/mol. The summed E-state index contributed by atoms with van der Waals surface area (Å²) >= 11 is 0. The minimum Gasteiger partial charge on any atom is -0.395 e. The highest BCUT2D eigenvalue weighted by atomic mass is 16.3. The standard InChI is InChI=1S/C6H14N2O/c1-8-3-2-7-4-6(8)5-9/h6-7,9H,2-5H2,1H3/t6-/m0/s1. The number of hydrogen-bond acceptors (Lipinski definition) is 3. The second-order valence-electron chi connectivity index (χ2n) is 2.52. The lowest BCUT2D eigenvalue weighted by molar-refractivity contribution is 0.124. The Balaban J connectivity index is 2.30. The molecule has 3 nitrogen and oxygen atoms in total. The number of nitrogens with zero attached hydrogens (tertiary/aromatic N) is 1. The molecule has 0 saturated carbocycles. The molecule has 0 aromatic carbocycles. The van der Waals surface area contributed by atoms with Gasteiger partial charge in [-0.25, -0.2) is 0 Å². The highest BCUT2D eigenvalue weighted by molar-refractivity contribution is 4.75. The zero-order chi connectivity index (χ0) is 6.69. The molecule has 0 aromatic rings. The van der Waals surface area contributed by atoms with Gasteiger partial charge in [0.05, 0.1) is 6.61 Å². The second-order valence-corrected chi connectivity index (χ2v) is 2.52. The van der Waals surface area contributed by atoms with Gasteiger partial charge in [0.1, 0.15) is 0 Å². The second kappa shape index (κ2) is 3.15. The van der Waals surface area contributed by atoms with Gasteiger partial charge in [-0.3, -0.25) is 4.90 Å². The van der Waals surface area contributed by atoms with E-state index in [-0.39, 0.29) is 6.61 Å². The molecule has 1 saturated heterocycles. The molecule has 0 amide bonds. The van der Waals surface area contributed by atoms with Gasteiger partial charge in [0, 0.05) is 25.7 Å². The Kier molecular flexibility index (Phi) is 2.45. The van der Waals surface area contributed by atoms with Crippen molar-refractivity contribution in [1.29, 1.82) is 0 Å². The minimum atomic E-state index is 0.267. The van der Waals surface area contributed by atoms with Crippen LogP contribution in [0, 0.1) is 0 Å². The Morgan fingerprint density at radius 3 is 3.00 bits per heavy atom. The van der Waals surface area contributed by atoms with Crippen molar-refractivity contribution in [2.45, 2.75) is 6.04 Å². The Bertz CT molecular complexity index is 87.1. The average molecular weight is 130 g/mol. The third-order valence-electron chi connectivity index (χ3n) is 1.86. The zero-order valence-electron chi connectivity index (χ0n) is 5.80. The fourth-order valence-corrected chi connectivity index (χ4v) is 1.07. The Morgan fingerprint density at radius 2 is 2.56 bits per heavy atom. The van der Waals surface area contributed by atoms with Crippen LogP contribution in [-0.4, -0.2) is 49.3 Å². The van der Waals surface area contributed by atoms with Crippen LogP contribution in [0.3, 0.4) is 0 Å². The molecule has 2 N–H and O–H groups in total. The number of nitrogens with one attached hydrogen (secondary N) is 1. The van der Waals surface area contributed by atoms with Crippen LogP contribution in [0.4, 0.5) is 0 Å². The third kappa shape index (κ3) is 1.64. The largest absolute Gasteiger partial charge is 0.395 e. The predicted octanol–water partition coefficient (Wildman–Crippen LogP) is -1.12. The number of aliphatic hydroxyl groups excluding tert-OH is 1. The van der Waals surface area contributed by atoms with E-state index in [9.17, 15) is 0 Å². The molecule has 0 unspecified atom stereocenters. The summed E-state index contributed by atoms with van der Waals surface area (Å²) in [6, 6.07) is 0.332. The highest BCUT2D eigenvalue weighted by Gasteiger charge is 2.16. The van der Waals surface area contributed by atoms with Crippen molar-refractivity contribution < 1.29 is 5.11 Å². The third-order valence-corrected chi connectivity index (χ3v) is 1.86. The van der Waals surface area contributed by atoms with Gasteiger partial charge in [-0.15, -0.1) is 0 Å². The van der Waals surface area contributed by atoms with Crippen LogP contribution >= 0.6 is 0 Å². The summed E-state index contributed by atoms with van der Waals surface area (Å²) < 4.78 is 0. The topological polar surface area (TPSA) is 35.5 Å². The van der Waals surface area contributed by atoms with Crippen LogP contribution in [0.1, 0.15) is 0 Å². The number of hydrogen-bond donors (Lipinski definition) is 2. The lowest BCUT2D eigenvalue weighted by Crippen LogP contribution is -2.50. The van der Waals surface area contributed by atoms with E-state index in [1.807, 2.05) is 7.05 Å². The molecule has 3 heteroatoms. The highest BCUT2D eigenvalue weighted by Crippen LogP contribution is 1.96. The lowest BCUT2D eigenvalue weighted by Gasteiger charge is -2.31. The van der Waals surface area contributed by atoms with Crippen molar-refractivity contribution in [2.75, 3.05) is 33.3 Å². The molecule has 0 aromatic heterocycles. The van der Waals surface area contributed by atoms with Crippen LogP contribution < -0.4 is 5.32 Å². The summed E-state index contributed by atoms with van der Waals surface area (Å²) in [5.41, 5.74) is 0. The monoisotopic (exact) mass is 130 g/mol. The van der Waals surface area contributed by atoms with Crippen LogP contribution in [0.15, 0.2) is 0 Å². The van der Waals surface area contributed by atoms with E-state index in [1.54, 1.807) is 0 Å². The van der Waals surface area contributed by atoms with E-state index in [0.717, 1.165) is 19.6 Å². The quantitative estimate of drug-likeness (QED) is 0.472. The first kappa shape index (κ1) is 6.99. The van der Waals surface area contributed by atoms with Gasteiger partial charge in [0.15, 0.2) is 0 Å². The van der Waals surface area contributed by atoms with Crippen molar-refractivity contribution in [3.63, 3.8) is 0 Å². The van der Waals surface area contributed by atoms with E-state index >= 15 is 0 Å². The molecule has 1 aliphatic rings. The Morgan fingerprint density at radius 1 is 1.78 bits per heavy atom. The molecule has 1 rings (SSSR count). The first-order valence-corrected chi connectivity index (χ1v) is 3.36. The van der Waals surface area contributed by atoms with E-state index in [1.165, 1.54) is 0 Å². The van der Waals surface area contributed by atoms with E-state index in [0.29, 0.717) is 6.04 Å². The van der Waals surface area contributed by atoms with Crippen molar-refractivity contribution in [3.05, 3.63) is 0 Å². The SMILES string of the molecule is CN1CCNC[C@H]1CO. The molecule has 1 aliphatic heterocycles. The number of aliphatic hydroxyl groups is 1. The smallest absolute Gasteiger partial charge is 0.0599 e.